The molecule has 1 heterocycles. The number of benzene rings is 2. The number of nitrogens with zero attached hydrogens (tertiary/aromatic N) is 2. The predicted molar refractivity (Wildman–Crippen MR) is 105 cm³/mol. The van der Waals surface area contributed by atoms with E-state index >= 15 is 0 Å². The van der Waals surface area contributed by atoms with Crippen LogP contribution in [0.5, 0.6) is 0 Å². The summed E-state index contributed by atoms with van der Waals surface area (Å²) in [5.41, 5.74) is 4.30. The zero-order chi connectivity index (χ0) is 19.4. The van der Waals surface area contributed by atoms with E-state index in [9.17, 15) is 14.4 Å². The molecule has 1 aliphatic heterocycles. The molecule has 0 aromatic heterocycles. The molecule has 2 aromatic rings. The van der Waals surface area contributed by atoms with Gasteiger partial charge in [-0.25, -0.2) is 5.43 Å². The third kappa shape index (κ3) is 4.06. The van der Waals surface area contributed by atoms with Crippen molar-refractivity contribution in [1.82, 2.24) is 10.7 Å². The monoisotopic (exact) mass is 380 g/mol. The number of aryl methyl sites for hydroxylation is 1. The van der Waals surface area contributed by atoms with Crippen molar-refractivity contribution in [3.8, 4) is 0 Å². The van der Waals surface area contributed by atoms with Crippen molar-refractivity contribution in [2.24, 2.45) is 11.0 Å². The first-order valence-corrected chi connectivity index (χ1v) is 8.52. The Labute approximate surface area is 161 Å². The lowest BCUT2D eigenvalue weighted by molar-refractivity contribution is -0.130. The van der Waals surface area contributed by atoms with Gasteiger partial charge in [0, 0.05) is 11.8 Å². The minimum Gasteiger partial charge on any atom is -0.301 e. The zero-order valence-corrected chi connectivity index (χ0v) is 15.2. The van der Waals surface area contributed by atoms with Crippen molar-refractivity contribution in [1.29, 1.82) is 0 Å². The molecule has 0 aliphatic carbocycles. The van der Waals surface area contributed by atoms with Crippen molar-refractivity contribution < 1.29 is 14.4 Å². The Balaban J connectivity index is 1.73. The van der Waals surface area contributed by atoms with Crippen molar-refractivity contribution in [2.45, 2.75) is 6.92 Å². The Bertz CT molecular complexity index is 926. The van der Waals surface area contributed by atoms with Crippen LogP contribution in [-0.2, 0) is 9.59 Å². The summed E-state index contributed by atoms with van der Waals surface area (Å²) in [6.07, 6.45) is 1.10. The molecule has 0 unspecified atom stereocenters. The molecule has 0 radical (unpaired) electrons. The zero-order valence-electron chi connectivity index (χ0n) is 14.4. The van der Waals surface area contributed by atoms with Crippen LogP contribution in [0.25, 0.3) is 0 Å². The van der Waals surface area contributed by atoms with Gasteiger partial charge in [0.25, 0.3) is 11.8 Å². The molecule has 7 nitrogen and oxygen atoms in total. The second-order valence-electron chi connectivity index (χ2n) is 5.87. The Morgan fingerprint density at radius 3 is 2.48 bits per heavy atom. The molecule has 1 atom stereocenters. The largest absolute Gasteiger partial charge is 0.301 e. The maximum Gasteiger partial charge on any atom is 0.271 e. The number of thiocarbonyl (C=S) groups is 1. The van der Waals surface area contributed by atoms with E-state index in [2.05, 4.69) is 15.8 Å². The van der Waals surface area contributed by atoms with Gasteiger partial charge in [0.05, 0.1) is 5.69 Å². The molecule has 0 bridgehead atoms. The van der Waals surface area contributed by atoms with Crippen LogP contribution in [0.4, 0.5) is 5.69 Å². The molecule has 27 heavy (non-hydrogen) atoms. The minimum atomic E-state index is -1.20. The molecular weight excluding hydrogens is 364 g/mol. The Morgan fingerprint density at radius 1 is 1.15 bits per heavy atom. The van der Waals surface area contributed by atoms with Gasteiger partial charge in [-0.2, -0.15) is 5.10 Å². The summed E-state index contributed by atoms with van der Waals surface area (Å²) in [5, 5.41) is 6.25. The first kappa shape index (κ1) is 18.4. The smallest absolute Gasteiger partial charge is 0.271 e. The average Bonchev–Trinajstić information content (AvgIpc) is 2.65. The Morgan fingerprint density at radius 2 is 1.81 bits per heavy atom. The molecule has 2 N–H and O–H groups in total. The highest BCUT2D eigenvalue weighted by atomic mass is 32.1. The number of para-hydroxylation sites is 1. The van der Waals surface area contributed by atoms with Crippen LogP contribution in [0.15, 0.2) is 59.7 Å². The summed E-state index contributed by atoms with van der Waals surface area (Å²) < 4.78 is 0. The fourth-order valence-electron chi connectivity index (χ4n) is 2.48. The van der Waals surface area contributed by atoms with Crippen molar-refractivity contribution in [2.75, 3.05) is 4.90 Å². The van der Waals surface area contributed by atoms with Gasteiger partial charge in [-0.15, -0.1) is 0 Å². The van der Waals surface area contributed by atoms with Gasteiger partial charge < -0.3 is 5.32 Å². The molecule has 0 saturated carbocycles. The number of nitrogens with one attached hydrogen (secondary N) is 2. The second-order valence-corrected chi connectivity index (χ2v) is 6.25. The van der Waals surface area contributed by atoms with Crippen LogP contribution in [0.3, 0.4) is 0 Å². The number of anilines is 1. The molecule has 0 spiro atoms. The molecule has 2 aromatic carbocycles. The van der Waals surface area contributed by atoms with E-state index in [0.29, 0.717) is 11.3 Å². The topological polar surface area (TPSA) is 90.9 Å². The molecule has 136 valence electrons. The first-order valence-electron chi connectivity index (χ1n) is 8.11. The SMILES string of the molecule is Cc1ccc(C(=O)N/N=C/[C@H]2C(=O)NC(=S)N(c3ccccc3)C2=O)cc1. The molecule has 8 heteroatoms. The fraction of sp³-hybridized carbons (Fsp3) is 0.105. The number of carbonyl (C=O) groups excluding carboxylic acids is 3. The van der Waals surface area contributed by atoms with Crippen molar-refractivity contribution in [3.63, 3.8) is 0 Å². The van der Waals surface area contributed by atoms with E-state index in [-0.39, 0.29) is 5.11 Å². The summed E-state index contributed by atoms with van der Waals surface area (Å²) in [5.74, 6) is -2.77. The highest BCUT2D eigenvalue weighted by Crippen LogP contribution is 2.19. The molecule has 3 rings (SSSR count). The van der Waals surface area contributed by atoms with Crippen LogP contribution in [0.2, 0.25) is 0 Å². The number of hydrogen-bond donors (Lipinski definition) is 2. The third-order valence-corrected chi connectivity index (χ3v) is 4.20. The Hall–Kier alpha value is -3.39. The number of amides is 3. The lowest BCUT2D eigenvalue weighted by atomic mass is 10.1. The second kappa shape index (κ2) is 7.88. The van der Waals surface area contributed by atoms with E-state index in [0.717, 1.165) is 11.8 Å². The van der Waals surface area contributed by atoms with Gasteiger partial charge in [0.15, 0.2) is 11.0 Å². The maximum atomic E-state index is 12.7. The summed E-state index contributed by atoms with van der Waals surface area (Å²) >= 11 is 5.10. The maximum absolute atomic E-state index is 12.7. The lowest BCUT2D eigenvalue weighted by Crippen LogP contribution is -2.58. The summed E-state index contributed by atoms with van der Waals surface area (Å²) in [6, 6.07) is 15.6. The highest BCUT2D eigenvalue weighted by molar-refractivity contribution is 7.80. The fourth-order valence-corrected chi connectivity index (χ4v) is 2.78. The van der Waals surface area contributed by atoms with E-state index in [1.54, 1.807) is 54.6 Å². The van der Waals surface area contributed by atoms with E-state index in [1.165, 1.54) is 4.90 Å². The van der Waals surface area contributed by atoms with Crippen LogP contribution in [-0.4, -0.2) is 29.0 Å². The normalized spacial score (nSPS) is 17.1. The quantitative estimate of drug-likeness (QED) is 0.366. The number of hydrogen-bond acceptors (Lipinski definition) is 5. The number of rotatable bonds is 4. The van der Waals surface area contributed by atoms with Crippen molar-refractivity contribution in [3.05, 3.63) is 65.7 Å². The van der Waals surface area contributed by atoms with Gasteiger partial charge in [-0.3, -0.25) is 19.3 Å². The lowest BCUT2D eigenvalue weighted by Gasteiger charge is -2.30. The highest BCUT2D eigenvalue weighted by Gasteiger charge is 2.38. The summed E-state index contributed by atoms with van der Waals surface area (Å²) in [6.45, 7) is 1.91. The summed E-state index contributed by atoms with van der Waals surface area (Å²) in [7, 11) is 0. The van der Waals surface area contributed by atoms with Crippen LogP contribution >= 0.6 is 12.2 Å². The predicted octanol–water partition coefficient (Wildman–Crippen LogP) is 1.77. The Kier molecular flexibility index (Phi) is 5.37. The minimum absolute atomic E-state index is 0.00420. The molecule has 1 saturated heterocycles. The molecule has 3 amide bonds. The third-order valence-electron chi connectivity index (χ3n) is 3.92. The summed E-state index contributed by atoms with van der Waals surface area (Å²) in [4.78, 5) is 38.1. The van der Waals surface area contributed by atoms with Gasteiger partial charge in [-0.05, 0) is 43.4 Å². The molecule has 1 fully saturated rings. The van der Waals surface area contributed by atoms with Gasteiger partial charge in [0.1, 0.15) is 0 Å². The van der Waals surface area contributed by atoms with Gasteiger partial charge in [0.2, 0.25) is 5.91 Å². The van der Waals surface area contributed by atoms with Gasteiger partial charge in [-0.1, -0.05) is 35.9 Å². The van der Waals surface area contributed by atoms with E-state index in [4.69, 9.17) is 12.2 Å². The first-order chi connectivity index (χ1) is 13.0. The van der Waals surface area contributed by atoms with Gasteiger partial charge >= 0.3 is 0 Å². The van der Waals surface area contributed by atoms with E-state index in [1.807, 2.05) is 6.92 Å². The van der Waals surface area contributed by atoms with Crippen molar-refractivity contribution >= 4 is 47.0 Å². The molecule has 1 aliphatic rings. The average molecular weight is 380 g/mol. The van der Waals surface area contributed by atoms with Crippen LogP contribution in [0.1, 0.15) is 15.9 Å². The standard InChI is InChI=1S/C19H16N4O3S/c1-12-7-9-13(10-8-12)16(24)22-20-11-15-17(25)21-19(27)23(18(15)26)14-5-3-2-4-6-14/h2-11,15H,1H3,(H,22,24)(H,21,25,27)/b20-11+/t15-/m0/s1. The molecular formula is C19H16N4O3S. The van der Waals surface area contributed by atoms with Crippen LogP contribution < -0.4 is 15.6 Å². The van der Waals surface area contributed by atoms with Crippen LogP contribution in [0, 0.1) is 12.8 Å². The number of hydrazone groups is 1. The number of carbonyl (C=O) groups is 3. The van der Waals surface area contributed by atoms with E-state index < -0.39 is 23.6 Å².